The summed E-state index contributed by atoms with van der Waals surface area (Å²) in [5, 5.41) is 3.02. The number of hydrogen-bond donors (Lipinski definition) is 1. The summed E-state index contributed by atoms with van der Waals surface area (Å²) in [4.78, 5) is 27.5. The number of methoxy groups -OCH3 is 1. The SMILES string of the molecule is COc1ccccc1NC1=C(c2ccc(F)cc2)C(=O)N(Cc2ccc(F)cc2)C1=O. The molecule has 0 radical (unpaired) electrons. The highest BCUT2D eigenvalue weighted by Gasteiger charge is 2.39. The maximum absolute atomic E-state index is 13.4. The summed E-state index contributed by atoms with van der Waals surface area (Å²) in [6.07, 6.45) is 0. The fourth-order valence-corrected chi connectivity index (χ4v) is 3.37. The highest BCUT2D eigenvalue weighted by Crippen LogP contribution is 2.34. The van der Waals surface area contributed by atoms with Gasteiger partial charge < -0.3 is 10.1 Å². The molecule has 0 spiro atoms. The first-order chi connectivity index (χ1) is 15.0. The molecule has 1 aliphatic heterocycles. The summed E-state index contributed by atoms with van der Waals surface area (Å²) in [6.45, 7) is -0.0280. The summed E-state index contributed by atoms with van der Waals surface area (Å²) in [5.41, 5.74) is 1.68. The average Bonchev–Trinajstić information content (AvgIpc) is 3.00. The van der Waals surface area contributed by atoms with E-state index in [-0.39, 0.29) is 17.8 Å². The Morgan fingerprint density at radius 3 is 2.10 bits per heavy atom. The summed E-state index contributed by atoms with van der Waals surface area (Å²) in [5.74, 6) is -1.45. The predicted molar refractivity (Wildman–Crippen MR) is 112 cm³/mol. The molecule has 0 aromatic heterocycles. The van der Waals surface area contributed by atoms with Gasteiger partial charge >= 0.3 is 0 Å². The topological polar surface area (TPSA) is 58.6 Å². The van der Waals surface area contributed by atoms with E-state index in [0.717, 1.165) is 4.90 Å². The van der Waals surface area contributed by atoms with Crippen molar-refractivity contribution in [2.45, 2.75) is 6.54 Å². The molecule has 1 heterocycles. The minimum absolute atomic E-state index is 0.0280. The minimum atomic E-state index is -0.542. The molecule has 0 unspecified atom stereocenters. The first-order valence-corrected chi connectivity index (χ1v) is 9.49. The van der Waals surface area contributed by atoms with Crippen LogP contribution >= 0.6 is 0 Å². The lowest BCUT2D eigenvalue weighted by molar-refractivity contribution is -0.137. The van der Waals surface area contributed by atoms with Crippen LogP contribution in [-0.4, -0.2) is 23.8 Å². The van der Waals surface area contributed by atoms with Crippen LogP contribution in [0.1, 0.15) is 11.1 Å². The van der Waals surface area contributed by atoms with Gasteiger partial charge in [-0.1, -0.05) is 36.4 Å². The largest absolute Gasteiger partial charge is 0.495 e. The zero-order chi connectivity index (χ0) is 22.0. The zero-order valence-corrected chi connectivity index (χ0v) is 16.6. The van der Waals surface area contributed by atoms with E-state index in [1.54, 1.807) is 24.3 Å². The second-order valence-electron chi connectivity index (χ2n) is 6.91. The van der Waals surface area contributed by atoms with Gasteiger partial charge in [0, 0.05) is 0 Å². The number of nitrogens with zero attached hydrogens (tertiary/aromatic N) is 1. The molecule has 3 aromatic rings. The molecule has 0 bridgehead atoms. The molecule has 7 heteroatoms. The molecule has 3 aromatic carbocycles. The lowest BCUT2D eigenvalue weighted by Crippen LogP contribution is -2.32. The molecule has 2 amide bonds. The van der Waals surface area contributed by atoms with Crippen LogP contribution in [0, 0.1) is 11.6 Å². The number of benzene rings is 3. The molecule has 31 heavy (non-hydrogen) atoms. The van der Waals surface area contributed by atoms with E-state index in [9.17, 15) is 18.4 Å². The Hall–Kier alpha value is -4.00. The summed E-state index contributed by atoms with van der Waals surface area (Å²) in [7, 11) is 1.50. The average molecular weight is 420 g/mol. The maximum atomic E-state index is 13.4. The van der Waals surface area contributed by atoms with E-state index in [1.807, 2.05) is 0 Å². The van der Waals surface area contributed by atoms with Crippen LogP contribution in [0.5, 0.6) is 5.75 Å². The van der Waals surface area contributed by atoms with Gasteiger partial charge in [-0.15, -0.1) is 0 Å². The first kappa shape index (κ1) is 20.3. The second-order valence-corrected chi connectivity index (χ2v) is 6.91. The number of rotatable bonds is 6. The molecule has 1 N–H and O–H groups in total. The maximum Gasteiger partial charge on any atom is 0.278 e. The van der Waals surface area contributed by atoms with Crippen molar-refractivity contribution in [3.8, 4) is 5.75 Å². The monoisotopic (exact) mass is 420 g/mol. The van der Waals surface area contributed by atoms with Crippen molar-refractivity contribution in [2.24, 2.45) is 0 Å². The highest BCUT2D eigenvalue weighted by atomic mass is 19.1. The van der Waals surface area contributed by atoms with Crippen LogP contribution in [0.15, 0.2) is 78.5 Å². The Labute approximate surface area is 177 Å². The Morgan fingerprint density at radius 2 is 1.45 bits per heavy atom. The van der Waals surface area contributed by atoms with E-state index < -0.39 is 23.4 Å². The number of carbonyl (C=O) groups excluding carboxylic acids is 2. The summed E-state index contributed by atoms with van der Waals surface area (Å²) in [6, 6.07) is 17.9. The first-order valence-electron chi connectivity index (χ1n) is 9.49. The Bertz CT molecular complexity index is 1170. The van der Waals surface area contributed by atoms with E-state index in [4.69, 9.17) is 4.74 Å². The van der Waals surface area contributed by atoms with Gasteiger partial charge in [0.25, 0.3) is 11.8 Å². The zero-order valence-electron chi connectivity index (χ0n) is 16.6. The van der Waals surface area contributed by atoms with E-state index >= 15 is 0 Å². The number of para-hydroxylation sites is 2. The second kappa shape index (κ2) is 8.39. The molecular formula is C24H18F2N2O3. The van der Waals surface area contributed by atoms with Gasteiger partial charge in [-0.3, -0.25) is 14.5 Å². The fraction of sp³-hybridized carbons (Fsp3) is 0.0833. The number of hydrogen-bond acceptors (Lipinski definition) is 4. The smallest absolute Gasteiger partial charge is 0.278 e. The number of amides is 2. The minimum Gasteiger partial charge on any atom is -0.495 e. The van der Waals surface area contributed by atoms with Gasteiger partial charge in [-0.05, 0) is 47.5 Å². The normalized spacial score (nSPS) is 13.7. The summed E-state index contributed by atoms with van der Waals surface area (Å²) < 4.78 is 32.0. The third-order valence-electron chi connectivity index (χ3n) is 4.92. The standard InChI is InChI=1S/C24H18F2N2O3/c1-31-20-5-3-2-4-19(20)27-22-21(16-8-12-18(26)13-9-16)23(29)28(24(22)30)14-15-6-10-17(25)11-7-15/h2-13,27H,14H2,1H3. The molecule has 1 aliphatic rings. The molecule has 156 valence electrons. The van der Waals surface area contributed by atoms with Crippen LogP contribution in [-0.2, 0) is 16.1 Å². The van der Waals surface area contributed by atoms with Crippen LogP contribution in [0.2, 0.25) is 0 Å². The van der Waals surface area contributed by atoms with Crippen molar-refractivity contribution in [3.63, 3.8) is 0 Å². The fourth-order valence-electron chi connectivity index (χ4n) is 3.37. The Balaban J connectivity index is 1.75. The van der Waals surface area contributed by atoms with E-state index in [1.165, 1.54) is 55.6 Å². The molecule has 0 saturated carbocycles. The molecular weight excluding hydrogens is 402 g/mol. The third kappa shape index (κ3) is 4.02. The Morgan fingerprint density at radius 1 is 0.839 bits per heavy atom. The quantitative estimate of drug-likeness (QED) is 0.602. The highest BCUT2D eigenvalue weighted by molar-refractivity contribution is 6.36. The number of anilines is 1. The molecule has 0 fully saturated rings. The number of ether oxygens (including phenoxy) is 1. The van der Waals surface area contributed by atoms with Crippen molar-refractivity contribution in [1.82, 2.24) is 4.90 Å². The van der Waals surface area contributed by atoms with Gasteiger partial charge in [0.15, 0.2) is 0 Å². The van der Waals surface area contributed by atoms with Gasteiger partial charge in [0.05, 0.1) is 24.9 Å². The molecule has 0 saturated heterocycles. The van der Waals surface area contributed by atoms with Crippen LogP contribution < -0.4 is 10.1 Å². The van der Waals surface area contributed by atoms with Crippen LogP contribution in [0.25, 0.3) is 5.57 Å². The summed E-state index contributed by atoms with van der Waals surface area (Å²) >= 11 is 0. The van der Waals surface area contributed by atoms with Gasteiger partial charge in [-0.25, -0.2) is 8.78 Å². The number of imide groups is 1. The van der Waals surface area contributed by atoms with E-state index in [0.29, 0.717) is 22.6 Å². The van der Waals surface area contributed by atoms with Crippen molar-refractivity contribution >= 4 is 23.1 Å². The van der Waals surface area contributed by atoms with Crippen molar-refractivity contribution < 1.29 is 23.1 Å². The number of carbonyl (C=O) groups is 2. The lowest BCUT2D eigenvalue weighted by Gasteiger charge is -2.16. The molecule has 0 aliphatic carbocycles. The number of halogens is 2. The van der Waals surface area contributed by atoms with Crippen molar-refractivity contribution in [1.29, 1.82) is 0 Å². The molecule has 4 rings (SSSR count). The van der Waals surface area contributed by atoms with E-state index in [2.05, 4.69) is 5.32 Å². The number of nitrogens with one attached hydrogen (secondary N) is 1. The van der Waals surface area contributed by atoms with Crippen molar-refractivity contribution in [2.75, 3.05) is 12.4 Å². The third-order valence-corrected chi connectivity index (χ3v) is 4.92. The van der Waals surface area contributed by atoms with Crippen LogP contribution in [0.3, 0.4) is 0 Å². The van der Waals surface area contributed by atoms with Gasteiger partial charge in [-0.2, -0.15) is 0 Å². The lowest BCUT2D eigenvalue weighted by atomic mass is 10.0. The van der Waals surface area contributed by atoms with Crippen LogP contribution in [0.4, 0.5) is 14.5 Å². The van der Waals surface area contributed by atoms with Gasteiger partial charge in [0.1, 0.15) is 23.1 Å². The molecule has 0 atom stereocenters. The Kier molecular flexibility index (Phi) is 5.49. The molecule has 5 nitrogen and oxygen atoms in total. The van der Waals surface area contributed by atoms with Crippen molar-refractivity contribution in [3.05, 3.63) is 101 Å². The van der Waals surface area contributed by atoms with Gasteiger partial charge in [0.2, 0.25) is 0 Å². The predicted octanol–water partition coefficient (Wildman–Crippen LogP) is 4.37.